The van der Waals surface area contributed by atoms with Gasteiger partial charge in [-0.3, -0.25) is 19.7 Å². The smallest absolute Gasteiger partial charge is 0.274 e. The molecule has 6 nitrogen and oxygen atoms in total. The molecule has 0 N–H and O–H groups in total. The molecule has 0 unspecified atom stereocenters. The molecule has 17 heavy (non-hydrogen) atoms. The van der Waals surface area contributed by atoms with Crippen molar-refractivity contribution in [1.82, 2.24) is 5.06 Å². The molecule has 0 heterocycles. The number of hydrogen-bond donors (Lipinski definition) is 0. The highest BCUT2D eigenvalue weighted by Crippen LogP contribution is 2.26. The topological polar surface area (TPSA) is 72.7 Å². The summed E-state index contributed by atoms with van der Waals surface area (Å²) in [6.07, 6.45) is 0. The number of carbonyl (C=O) groups excluding carboxylic acids is 1. The number of nitro benzene ring substituents is 1. The van der Waals surface area contributed by atoms with Gasteiger partial charge in [-0.25, -0.2) is 5.06 Å². The van der Waals surface area contributed by atoms with E-state index < -0.39 is 22.3 Å². The van der Waals surface area contributed by atoms with Crippen LogP contribution < -0.4 is 0 Å². The summed E-state index contributed by atoms with van der Waals surface area (Å²) in [4.78, 5) is 25.8. The summed E-state index contributed by atoms with van der Waals surface area (Å²) in [7, 11) is 2.54. The zero-order chi connectivity index (χ0) is 13.2. The van der Waals surface area contributed by atoms with Gasteiger partial charge in [0, 0.05) is 19.2 Å². The first kappa shape index (κ1) is 13.3. The number of nitrogens with zero attached hydrogens (tertiary/aromatic N) is 2. The van der Waals surface area contributed by atoms with E-state index in [1.807, 2.05) is 0 Å². The van der Waals surface area contributed by atoms with Gasteiger partial charge in [0.25, 0.3) is 5.91 Å². The molecule has 0 aliphatic carbocycles. The third-order valence-corrected chi connectivity index (χ3v) is 2.34. The lowest BCUT2D eigenvalue weighted by Gasteiger charge is -2.14. The Labute approximate surface area is 101 Å². The summed E-state index contributed by atoms with van der Waals surface area (Å²) >= 11 is 5.64. The van der Waals surface area contributed by atoms with E-state index >= 15 is 0 Å². The summed E-state index contributed by atoms with van der Waals surface area (Å²) in [5.41, 5.74) is -1.02. The second-order valence-electron chi connectivity index (χ2n) is 3.03. The van der Waals surface area contributed by atoms with E-state index in [1.165, 1.54) is 14.2 Å². The van der Waals surface area contributed by atoms with Gasteiger partial charge in [-0.05, 0) is 0 Å². The zero-order valence-corrected chi connectivity index (χ0v) is 9.69. The van der Waals surface area contributed by atoms with Crippen molar-refractivity contribution in [1.29, 1.82) is 0 Å². The third-order valence-electron chi connectivity index (χ3n) is 2.02. The highest BCUT2D eigenvalue weighted by Gasteiger charge is 2.23. The number of nitro groups is 1. The van der Waals surface area contributed by atoms with Crippen molar-refractivity contribution in [3.63, 3.8) is 0 Å². The number of halogens is 2. The highest BCUT2D eigenvalue weighted by molar-refractivity contribution is 6.33. The lowest BCUT2D eigenvalue weighted by molar-refractivity contribution is -0.387. The van der Waals surface area contributed by atoms with Gasteiger partial charge in [0.1, 0.15) is 0 Å². The Morgan fingerprint density at radius 2 is 2.18 bits per heavy atom. The predicted molar refractivity (Wildman–Crippen MR) is 57.2 cm³/mol. The van der Waals surface area contributed by atoms with Gasteiger partial charge in [-0.1, -0.05) is 11.6 Å². The van der Waals surface area contributed by atoms with Crippen LogP contribution in [0.4, 0.5) is 10.1 Å². The van der Waals surface area contributed by atoms with Crippen molar-refractivity contribution in [3.8, 4) is 0 Å². The van der Waals surface area contributed by atoms with Crippen LogP contribution in [0.2, 0.25) is 5.02 Å². The monoisotopic (exact) mass is 262 g/mol. The molecule has 1 amide bonds. The van der Waals surface area contributed by atoms with Gasteiger partial charge in [0.05, 0.1) is 22.6 Å². The standard InChI is InChI=1S/C9H8ClFN2O4/c1-12(17-2)9(14)5-3-8(13(15)16)7(11)4-6(5)10/h3-4H,1-2H3. The van der Waals surface area contributed by atoms with Crippen LogP contribution in [0, 0.1) is 15.9 Å². The molecule has 0 aliphatic rings. The molecular weight excluding hydrogens is 255 g/mol. The summed E-state index contributed by atoms with van der Waals surface area (Å²) in [6, 6.07) is 1.49. The van der Waals surface area contributed by atoms with Crippen LogP contribution >= 0.6 is 11.6 Å². The Morgan fingerprint density at radius 1 is 1.59 bits per heavy atom. The van der Waals surface area contributed by atoms with Gasteiger partial charge in [0.15, 0.2) is 0 Å². The summed E-state index contributed by atoms with van der Waals surface area (Å²) in [5, 5.41) is 11.1. The van der Waals surface area contributed by atoms with Crippen molar-refractivity contribution < 1.29 is 18.9 Å². The molecule has 0 aliphatic heterocycles. The number of amides is 1. The quantitative estimate of drug-likeness (QED) is 0.617. The maximum absolute atomic E-state index is 13.1. The van der Waals surface area contributed by atoms with Gasteiger partial charge in [-0.15, -0.1) is 0 Å². The van der Waals surface area contributed by atoms with E-state index in [1.54, 1.807) is 0 Å². The van der Waals surface area contributed by atoms with Crippen molar-refractivity contribution >= 4 is 23.2 Å². The largest absolute Gasteiger partial charge is 0.305 e. The molecule has 0 saturated carbocycles. The first-order valence-electron chi connectivity index (χ1n) is 4.34. The Hall–Kier alpha value is -1.73. The summed E-state index contributed by atoms with van der Waals surface area (Å²) < 4.78 is 13.1. The van der Waals surface area contributed by atoms with E-state index in [0.717, 1.165) is 17.2 Å². The Morgan fingerprint density at radius 3 is 2.65 bits per heavy atom. The first-order chi connectivity index (χ1) is 7.88. The maximum Gasteiger partial charge on any atom is 0.305 e. The Bertz CT molecular complexity index is 480. The second kappa shape index (κ2) is 5.07. The van der Waals surface area contributed by atoms with E-state index in [4.69, 9.17) is 11.6 Å². The number of rotatable bonds is 3. The first-order valence-corrected chi connectivity index (χ1v) is 4.72. The Kier molecular flexibility index (Phi) is 3.97. The molecule has 0 fully saturated rings. The normalized spacial score (nSPS) is 10.1. The molecule has 1 aromatic rings. The average Bonchev–Trinajstić information content (AvgIpc) is 2.26. The van der Waals surface area contributed by atoms with Gasteiger partial charge in [-0.2, -0.15) is 4.39 Å². The number of carbonyl (C=O) groups is 1. The number of hydroxylamine groups is 2. The van der Waals surface area contributed by atoms with Crippen LogP contribution in [0.25, 0.3) is 0 Å². The summed E-state index contributed by atoms with van der Waals surface area (Å²) in [6.45, 7) is 0. The van der Waals surface area contributed by atoms with Crippen LogP contribution in [0.15, 0.2) is 12.1 Å². The zero-order valence-electron chi connectivity index (χ0n) is 8.94. The van der Waals surface area contributed by atoms with Crippen LogP contribution in [0.3, 0.4) is 0 Å². The minimum absolute atomic E-state index is 0.205. The molecule has 92 valence electrons. The fourth-order valence-electron chi connectivity index (χ4n) is 1.09. The molecule has 0 radical (unpaired) electrons. The van der Waals surface area contributed by atoms with Crippen LogP contribution in [0.5, 0.6) is 0 Å². The summed E-state index contributed by atoms with van der Waals surface area (Å²) in [5.74, 6) is -1.81. The van der Waals surface area contributed by atoms with Gasteiger partial charge >= 0.3 is 5.69 Å². The fraction of sp³-hybridized carbons (Fsp3) is 0.222. The lowest BCUT2D eigenvalue weighted by Crippen LogP contribution is -2.25. The van der Waals surface area contributed by atoms with Crippen LogP contribution in [-0.4, -0.2) is 30.1 Å². The molecule has 0 aromatic heterocycles. The number of benzene rings is 1. The molecule has 0 atom stereocenters. The highest BCUT2D eigenvalue weighted by atomic mass is 35.5. The molecular formula is C9H8ClFN2O4. The molecule has 1 aromatic carbocycles. The Balaban J connectivity index is 3.30. The maximum atomic E-state index is 13.1. The van der Waals surface area contributed by atoms with Crippen molar-refractivity contribution in [2.24, 2.45) is 0 Å². The molecule has 0 bridgehead atoms. The molecule has 1 rings (SSSR count). The van der Waals surface area contributed by atoms with E-state index in [2.05, 4.69) is 4.84 Å². The van der Waals surface area contributed by atoms with Crippen molar-refractivity contribution in [3.05, 3.63) is 38.7 Å². The van der Waals surface area contributed by atoms with Gasteiger partial charge < -0.3 is 0 Å². The van der Waals surface area contributed by atoms with Crippen LogP contribution in [0.1, 0.15) is 10.4 Å². The number of hydrogen-bond acceptors (Lipinski definition) is 4. The average molecular weight is 263 g/mol. The fourth-order valence-corrected chi connectivity index (χ4v) is 1.33. The predicted octanol–water partition coefficient (Wildman–Crippen LogP) is 2.02. The second-order valence-corrected chi connectivity index (χ2v) is 3.43. The third kappa shape index (κ3) is 2.69. The minimum Gasteiger partial charge on any atom is -0.274 e. The molecule has 0 spiro atoms. The van der Waals surface area contributed by atoms with Crippen molar-refractivity contribution in [2.75, 3.05) is 14.2 Å². The minimum atomic E-state index is -1.10. The molecule has 8 heteroatoms. The van der Waals surface area contributed by atoms with E-state index in [9.17, 15) is 19.3 Å². The van der Waals surface area contributed by atoms with E-state index in [-0.39, 0.29) is 10.6 Å². The molecule has 0 saturated heterocycles. The SMILES string of the molecule is CON(C)C(=O)c1cc([N+](=O)[O-])c(F)cc1Cl. The van der Waals surface area contributed by atoms with Gasteiger partial charge in [0.2, 0.25) is 5.82 Å². The van der Waals surface area contributed by atoms with E-state index in [0.29, 0.717) is 0 Å². The van der Waals surface area contributed by atoms with Crippen LogP contribution in [-0.2, 0) is 4.84 Å². The lowest BCUT2D eigenvalue weighted by atomic mass is 10.2. The van der Waals surface area contributed by atoms with Crippen molar-refractivity contribution in [2.45, 2.75) is 0 Å².